The first kappa shape index (κ1) is 21.3. The fourth-order valence-electron chi connectivity index (χ4n) is 3.87. The van der Waals surface area contributed by atoms with Gasteiger partial charge in [0.25, 0.3) is 5.91 Å². The van der Waals surface area contributed by atoms with Crippen LogP contribution in [0, 0.1) is 0 Å². The Hall–Kier alpha value is -3.59. The lowest BCUT2D eigenvalue weighted by Gasteiger charge is -2.13. The molecule has 8 nitrogen and oxygen atoms in total. The van der Waals surface area contributed by atoms with Crippen molar-refractivity contribution in [1.82, 2.24) is 24.6 Å². The molecule has 5 rings (SSSR count). The lowest BCUT2D eigenvalue weighted by Crippen LogP contribution is -2.27. The summed E-state index contributed by atoms with van der Waals surface area (Å²) in [5.41, 5.74) is 2.04. The Morgan fingerprint density at radius 1 is 1.06 bits per heavy atom. The molecule has 9 heteroatoms. The number of thioether (sulfide) groups is 1. The van der Waals surface area contributed by atoms with Gasteiger partial charge in [0.2, 0.25) is 5.82 Å². The molecule has 0 aliphatic carbocycles. The topological polar surface area (TPSA) is 97.0 Å². The summed E-state index contributed by atoms with van der Waals surface area (Å²) in [6.45, 7) is 2.09. The second kappa shape index (κ2) is 9.50. The number of aromatic amines is 1. The predicted molar refractivity (Wildman–Crippen MR) is 124 cm³/mol. The van der Waals surface area contributed by atoms with E-state index in [0.717, 1.165) is 31.5 Å². The van der Waals surface area contributed by atoms with Crippen LogP contribution >= 0.6 is 11.8 Å². The van der Waals surface area contributed by atoms with E-state index in [-0.39, 0.29) is 17.4 Å². The van der Waals surface area contributed by atoms with Crippen molar-refractivity contribution in [2.75, 3.05) is 18.8 Å². The Kier molecular flexibility index (Phi) is 6.12. The first-order chi connectivity index (χ1) is 16.2. The molecule has 0 atom stereocenters. The van der Waals surface area contributed by atoms with Gasteiger partial charge in [-0.05, 0) is 36.6 Å². The second-order valence-corrected chi connectivity index (χ2v) is 8.81. The second-order valence-electron chi connectivity index (χ2n) is 7.87. The number of hydrogen-bond donors (Lipinski definition) is 1. The summed E-state index contributed by atoms with van der Waals surface area (Å²) in [7, 11) is 0. The maximum absolute atomic E-state index is 12.8. The minimum Gasteiger partial charge on any atom is -0.461 e. The van der Waals surface area contributed by atoms with Crippen molar-refractivity contribution in [3.8, 4) is 11.6 Å². The molecular weight excluding hydrogens is 438 g/mol. The van der Waals surface area contributed by atoms with Crippen LogP contribution in [-0.2, 0) is 6.54 Å². The van der Waals surface area contributed by atoms with Gasteiger partial charge in [0.05, 0.1) is 18.6 Å². The number of aromatic nitrogens is 4. The van der Waals surface area contributed by atoms with Crippen molar-refractivity contribution in [3.05, 3.63) is 77.8 Å². The molecule has 0 saturated carbocycles. The van der Waals surface area contributed by atoms with Crippen molar-refractivity contribution >= 4 is 23.5 Å². The Bertz CT molecular complexity index is 1240. The van der Waals surface area contributed by atoms with Crippen LogP contribution in [0.4, 0.5) is 0 Å². The number of hydrogen-bond acceptors (Lipinski definition) is 6. The smallest absolute Gasteiger partial charge is 0.270 e. The van der Waals surface area contributed by atoms with Crippen molar-refractivity contribution in [1.29, 1.82) is 0 Å². The number of nitrogens with one attached hydrogen (secondary N) is 1. The highest BCUT2D eigenvalue weighted by molar-refractivity contribution is 7.99. The van der Waals surface area contributed by atoms with E-state index < -0.39 is 0 Å². The molecular formula is C24H23N5O3S. The van der Waals surface area contributed by atoms with E-state index in [2.05, 4.69) is 15.2 Å². The largest absolute Gasteiger partial charge is 0.461 e. The summed E-state index contributed by atoms with van der Waals surface area (Å²) >= 11 is 1.32. The number of ketones is 1. The minimum absolute atomic E-state index is 0.0510. The van der Waals surface area contributed by atoms with E-state index in [4.69, 9.17) is 4.42 Å². The van der Waals surface area contributed by atoms with E-state index in [1.807, 2.05) is 45.9 Å². The number of Topliss-reactive ketones (excluding diaryl/α,β-unsaturated/α-hetero) is 1. The van der Waals surface area contributed by atoms with Gasteiger partial charge in [-0.3, -0.25) is 14.2 Å². The number of benzene rings is 1. The number of furan rings is 1. The van der Waals surface area contributed by atoms with Crippen molar-refractivity contribution < 1.29 is 14.0 Å². The third kappa shape index (κ3) is 4.63. The molecule has 0 spiro atoms. The predicted octanol–water partition coefficient (Wildman–Crippen LogP) is 4.13. The molecule has 1 aliphatic heterocycles. The van der Waals surface area contributed by atoms with Crippen LogP contribution in [0.25, 0.3) is 11.6 Å². The number of likely N-dealkylation sites (tertiary alicyclic amines) is 1. The summed E-state index contributed by atoms with van der Waals surface area (Å²) < 4.78 is 7.48. The van der Waals surface area contributed by atoms with E-state index in [0.29, 0.717) is 34.5 Å². The minimum atomic E-state index is -0.0782. The molecule has 0 radical (unpaired) electrons. The normalized spacial score (nSPS) is 13.5. The standard InChI is InChI=1S/C24H23N5O3S/c30-20(18-13-19(25-14-18)23(31)28-10-4-5-11-28)16-33-24-27-26-22(21-9-6-12-32-21)29(24)15-17-7-2-1-3-8-17/h1-3,6-9,12-14,25H,4-5,10-11,15-16H2. The quantitative estimate of drug-likeness (QED) is 0.313. The van der Waals surface area contributed by atoms with Gasteiger partial charge in [-0.25, -0.2) is 0 Å². The van der Waals surface area contributed by atoms with Gasteiger partial charge >= 0.3 is 0 Å². The fourth-order valence-corrected chi connectivity index (χ4v) is 4.71. The molecule has 0 unspecified atom stereocenters. The monoisotopic (exact) mass is 461 g/mol. The van der Waals surface area contributed by atoms with E-state index >= 15 is 0 Å². The zero-order chi connectivity index (χ0) is 22.6. The fraction of sp³-hybridized carbons (Fsp3) is 0.250. The number of H-pyrrole nitrogens is 1. The molecule has 1 N–H and O–H groups in total. The van der Waals surface area contributed by atoms with Crippen LogP contribution in [0.3, 0.4) is 0 Å². The highest BCUT2D eigenvalue weighted by Gasteiger charge is 2.22. The number of amides is 1. The molecule has 1 aromatic carbocycles. The Labute approximate surface area is 195 Å². The Balaban J connectivity index is 1.31. The molecule has 0 bridgehead atoms. The number of nitrogens with zero attached hydrogens (tertiary/aromatic N) is 4. The summed E-state index contributed by atoms with van der Waals surface area (Å²) in [6.07, 6.45) is 5.26. The van der Waals surface area contributed by atoms with Crippen LogP contribution in [0.5, 0.6) is 0 Å². The van der Waals surface area contributed by atoms with Gasteiger partial charge in [0, 0.05) is 24.8 Å². The van der Waals surface area contributed by atoms with E-state index in [9.17, 15) is 9.59 Å². The van der Waals surface area contributed by atoms with Gasteiger partial charge < -0.3 is 14.3 Å². The molecule has 1 aliphatic rings. The lowest BCUT2D eigenvalue weighted by molar-refractivity contribution is 0.0787. The van der Waals surface area contributed by atoms with E-state index in [1.54, 1.807) is 24.6 Å². The van der Waals surface area contributed by atoms with Crippen molar-refractivity contribution in [3.63, 3.8) is 0 Å². The van der Waals surface area contributed by atoms with Crippen LogP contribution < -0.4 is 0 Å². The molecule has 1 amide bonds. The lowest BCUT2D eigenvalue weighted by atomic mass is 10.2. The van der Waals surface area contributed by atoms with Gasteiger partial charge in [-0.15, -0.1) is 10.2 Å². The maximum Gasteiger partial charge on any atom is 0.270 e. The van der Waals surface area contributed by atoms with Crippen molar-refractivity contribution in [2.24, 2.45) is 0 Å². The molecule has 168 valence electrons. The highest BCUT2D eigenvalue weighted by Crippen LogP contribution is 2.26. The highest BCUT2D eigenvalue weighted by atomic mass is 32.2. The SMILES string of the molecule is O=C(CSc1nnc(-c2ccco2)n1Cc1ccccc1)c1c[nH]c(C(=O)N2CCCC2)c1. The Morgan fingerprint density at radius 2 is 1.88 bits per heavy atom. The first-order valence-corrected chi connectivity index (χ1v) is 11.8. The summed E-state index contributed by atoms with van der Waals surface area (Å²) in [4.78, 5) is 30.2. The van der Waals surface area contributed by atoms with Gasteiger partial charge in [0.1, 0.15) is 5.69 Å². The zero-order valence-electron chi connectivity index (χ0n) is 17.9. The van der Waals surface area contributed by atoms with E-state index in [1.165, 1.54) is 11.8 Å². The summed E-state index contributed by atoms with van der Waals surface area (Å²) in [5.74, 6) is 1.28. The zero-order valence-corrected chi connectivity index (χ0v) is 18.8. The van der Waals surface area contributed by atoms with Crippen LogP contribution in [-0.4, -0.2) is 55.2 Å². The number of rotatable bonds is 8. The number of carbonyl (C=O) groups excluding carboxylic acids is 2. The Morgan fingerprint density at radius 3 is 2.64 bits per heavy atom. The first-order valence-electron chi connectivity index (χ1n) is 10.8. The third-order valence-corrected chi connectivity index (χ3v) is 6.57. The molecule has 4 aromatic rings. The van der Waals surface area contributed by atoms with Crippen molar-refractivity contribution in [2.45, 2.75) is 24.5 Å². The average Bonchev–Trinajstić information content (AvgIpc) is 3.64. The number of carbonyl (C=O) groups is 2. The average molecular weight is 462 g/mol. The summed E-state index contributed by atoms with van der Waals surface area (Å²) in [6, 6.07) is 15.3. The van der Waals surface area contributed by atoms with Crippen LogP contribution in [0.1, 0.15) is 39.3 Å². The summed E-state index contributed by atoms with van der Waals surface area (Å²) in [5, 5.41) is 9.25. The molecule has 4 heterocycles. The van der Waals surface area contributed by atoms with Gasteiger partial charge in [-0.1, -0.05) is 42.1 Å². The molecule has 1 fully saturated rings. The molecule has 3 aromatic heterocycles. The van der Waals surface area contributed by atoms with Crippen LogP contribution in [0.15, 0.2) is 70.6 Å². The molecule has 33 heavy (non-hydrogen) atoms. The van der Waals surface area contributed by atoms with Gasteiger partial charge in [-0.2, -0.15) is 0 Å². The maximum atomic E-state index is 12.8. The molecule has 1 saturated heterocycles. The third-order valence-electron chi connectivity index (χ3n) is 5.60. The van der Waals surface area contributed by atoms with Crippen LogP contribution in [0.2, 0.25) is 0 Å². The van der Waals surface area contributed by atoms with Gasteiger partial charge in [0.15, 0.2) is 16.7 Å².